The number of hydrogen-bond acceptors (Lipinski definition) is 6. The Morgan fingerprint density at radius 3 is 2.90 bits per heavy atom. The number of carbonyl (C=O) groups excluding carboxylic acids is 1. The molecule has 0 spiro atoms. The third-order valence-corrected chi connectivity index (χ3v) is 3.19. The summed E-state index contributed by atoms with van der Waals surface area (Å²) in [5.74, 6) is 1.30. The van der Waals surface area contributed by atoms with Crippen molar-refractivity contribution in [1.29, 1.82) is 0 Å². The largest absolute Gasteiger partial charge is 0.479 e. The highest BCUT2D eigenvalue weighted by Crippen LogP contribution is 2.36. The van der Waals surface area contributed by atoms with Gasteiger partial charge in [0.15, 0.2) is 6.10 Å². The first kappa shape index (κ1) is 12.6. The van der Waals surface area contributed by atoms with Gasteiger partial charge in [-0.25, -0.2) is 0 Å². The van der Waals surface area contributed by atoms with Crippen molar-refractivity contribution in [3.63, 3.8) is 0 Å². The van der Waals surface area contributed by atoms with Gasteiger partial charge in [0.25, 0.3) is 5.91 Å². The van der Waals surface area contributed by atoms with Crippen molar-refractivity contribution in [3.05, 3.63) is 24.1 Å². The summed E-state index contributed by atoms with van der Waals surface area (Å²) in [6.45, 7) is 1.91. The molecule has 7 nitrogen and oxygen atoms in total. The first-order valence-electron chi connectivity index (χ1n) is 6.21. The van der Waals surface area contributed by atoms with Crippen molar-refractivity contribution in [2.45, 2.75) is 19.6 Å². The molecule has 1 amide bonds. The zero-order valence-electron chi connectivity index (χ0n) is 11.2. The molecular weight excluding hydrogens is 260 g/mol. The van der Waals surface area contributed by atoms with Crippen molar-refractivity contribution in [2.24, 2.45) is 5.73 Å². The summed E-state index contributed by atoms with van der Waals surface area (Å²) in [5.41, 5.74) is 6.83. The highest BCUT2D eigenvalue weighted by molar-refractivity contribution is 5.99. The van der Waals surface area contributed by atoms with Crippen molar-refractivity contribution >= 4 is 11.6 Å². The van der Waals surface area contributed by atoms with Crippen LogP contribution in [0, 0.1) is 0 Å². The van der Waals surface area contributed by atoms with Gasteiger partial charge in [-0.05, 0) is 25.1 Å². The van der Waals surface area contributed by atoms with Gasteiger partial charge in [-0.2, -0.15) is 0 Å². The number of amides is 1. The number of nitrogens with zero attached hydrogens (tertiary/aromatic N) is 3. The molecule has 1 aliphatic rings. The molecule has 7 heteroatoms. The van der Waals surface area contributed by atoms with Crippen molar-refractivity contribution in [1.82, 2.24) is 10.2 Å². The number of hydrogen-bond donors (Lipinski definition) is 1. The van der Waals surface area contributed by atoms with Crippen LogP contribution in [0.2, 0.25) is 0 Å². The smallest absolute Gasteiger partial charge is 0.267 e. The van der Waals surface area contributed by atoms with Gasteiger partial charge in [0, 0.05) is 12.6 Å². The molecule has 0 radical (unpaired) electrons. The maximum atomic E-state index is 11.9. The Balaban J connectivity index is 2.02. The predicted molar refractivity (Wildman–Crippen MR) is 71.1 cm³/mol. The lowest BCUT2D eigenvalue weighted by Crippen LogP contribution is -2.41. The molecule has 0 saturated heterocycles. The van der Waals surface area contributed by atoms with Crippen LogP contribution in [0.4, 0.5) is 5.69 Å². The Bertz CT molecular complexity index is 667. The average molecular weight is 274 g/mol. The van der Waals surface area contributed by atoms with Gasteiger partial charge in [-0.1, -0.05) is 0 Å². The zero-order chi connectivity index (χ0) is 14.3. The van der Waals surface area contributed by atoms with Crippen LogP contribution in [0.25, 0.3) is 11.5 Å². The summed E-state index contributed by atoms with van der Waals surface area (Å²) in [7, 11) is 1.71. The van der Waals surface area contributed by atoms with E-state index in [1.165, 1.54) is 0 Å². The maximum Gasteiger partial charge on any atom is 0.267 e. The number of fused-ring (bicyclic) bond motifs is 1. The molecule has 104 valence electrons. The Kier molecular flexibility index (Phi) is 2.90. The van der Waals surface area contributed by atoms with E-state index in [-0.39, 0.29) is 12.5 Å². The third kappa shape index (κ3) is 1.92. The standard InChI is InChI=1S/C13H14N4O3/c1-7-13(18)17(2)9-5-8(3-4-10(9)19-7)12-16-15-11(6-14)20-12/h3-5,7H,6,14H2,1-2H3. The van der Waals surface area contributed by atoms with Crippen molar-refractivity contribution < 1.29 is 13.9 Å². The van der Waals surface area contributed by atoms with E-state index in [1.807, 2.05) is 6.07 Å². The van der Waals surface area contributed by atoms with E-state index in [0.717, 1.165) is 0 Å². The summed E-state index contributed by atoms with van der Waals surface area (Å²) >= 11 is 0. The van der Waals surface area contributed by atoms with Gasteiger partial charge >= 0.3 is 0 Å². The fourth-order valence-electron chi connectivity index (χ4n) is 2.10. The van der Waals surface area contributed by atoms with E-state index in [1.54, 1.807) is 31.0 Å². The Morgan fingerprint density at radius 1 is 1.40 bits per heavy atom. The van der Waals surface area contributed by atoms with Crippen LogP contribution in [-0.2, 0) is 11.3 Å². The lowest BCUT2D eigenvalue weighted by molar-refractivity contribution is -0.125. The summed E-state index contributed by atoms with van der Waals surface area (Å²) in [6, 6.07) is 5.38. The number of carbonyl (C=O) groups is 1. The Morgan fingerprint density at radius 2 is 2.20 bits per heavy atom. The van der Waals surface area contributed by atoms with E-state index < -0.39 is 6.10 Å². The quantitative estimate of drug-likeness (QED) is 0.875. The molecule has 0 saturated carbocycles. The molecule has 1 unspecified atom stereocenters. The topological polar surface area (TPSA) is 94.5 Å². The zero-order valence-corrected chi connectivity index (χ0v) is 11.2. The molecule has 0 bridgehead atoms. The number of likely N-dealkylation sites (N-methyl/N-ethyl adjacent to an activating group) is 1. The monoisotopic (exact) mass is 274 g/mol. The fourth-order valence-corrected chi connectivity index (χ4v) is 2.10. The lowest BCUT2D eigenvalue weighted by atomic mass is 10.1. The van der Waals surface area contributed by atoms with E-state index in [0.29, 0.717) is 28.8 Å². The van der Waals surface area contributed by atoms with Crippen LogP contribution >= 0.6 is 0 Å². The normalized spacial score (nSPS) is 17.9. The molecule has 1 aliphatic heterocycles. The van der Waals surface area contributed by atoms with E-state index in [4.69, 9.17) is 14.9 Å². The second kappa shape index (κ2) is 4.61. The molecule has 3 rings (SSSR count). The molecule has 1 aromatic heterocycles. The molecule has 1 atom stereocenters. The van der Waals surface area contributed by atoms with Crippen molar-refractivity contribution in [2.75, 3.05) is 11.9 Å². The highest BCUT2D eigenvalue weighted by Gasteiger charge is 2.29. The van der Waals surface area contributed by atoms with Gasteiger partial charge in [-0.15, -0.1) is 10.2 Å². The lowest BCUT2D eigenvalue weighted by Gasteiger charge is -2.30. The third-order valence-electron chi connectivity index (χ3n) is 3.19. The van der Waals surface area contributed by atoms with Crippen LogP contribution in [0.1, 0.15) is 12.8 Å². The van der Waals surface area contributed by atoms with Gasteiger partial charge < -0.3 is 19.8 Å². The minimum absolute atomic E-state index is 0.0946. The molecule has 2 heterocycles. The summed E-state index contributed by atoms with van der Waals surface area (Å²) < 4.78 is 11.0. The molecule has 20 heavy (non-hydrogen) atoms. The highest BCUT2D eigenvalue weighted by atomic mass is 16.5. The Labute approximate surface area is 115 Å². The van der Waals surface area contributed by atoms with Crippen LogP contribution in [0.15, 0.2) is 22.6 Å². The molecular formula is C13H14N4O3. The van der Waals surface area contributed by atoms with Gasteiger partial charge in [0.1, 0.15) is 5.75 Å². The van der Waals surface area contributed by atoms with Gasteiger partial charge in [0.05, 0.1) is 12.2 Å². The summed E-state index contributed by atoms with van der Waals surface area (Å²) in [5, 5.41) is 7.74. The molecule has 2 aromatic rings. The predicted octanol–water partition coefficient (Wildman–Crippen LogP) is 0.939. The first-order valence-corrected chi connectivity index (χ1v) is 6.21. The molecule has 2 N–H and O–H groups in total. The number of benzene rings is 1. The van der Waals surface area contributed by atoms with Crippen LogP contribution < -0.4 is 15.4 Å². The van der Waals surface area contributed by atoms with Gasteiger partial charge in [0.2, 0.25) is 11.8 Å². The molecule has 0 aliphatic carbocycles. The first-order chi connectivity index (χ1) is 9.60. The Hall–Kier alpha value is -2.41. The minimum atomic E-state index is -0.481. The van der Waals surface area contributed by atoms with E-state index in [2.05, 4.69) is 10.2 Å². The number of anilines is 1. The number of nitrogens with two attached hydrogens (primary N) is 1. The average Bonchev–Trinajstić information content (AvgIpc) is 2.93. The van der Waals surface area contributed by atoms with E-state index in [9.17, 15) is 4.79 Å². The van der Waals surface area contributed by atoms with Crippen LogP contribution in [0.3, 0.4) is 0 Å². The maximum absolute atomic E-state index is 11.9. The number of ether oxygens (including phenoxy) is 1. The fraction of sp³-hybridized carbons (Fsp3) is 0.308. The second-order valence-corrected chi connectivity index (χ2v) is 4.54. The molecule has 0 fully saturated rings. The van der Waals surface area contributed by atoms with Gasteiger partial charge in [-0.3, -0.25) is 4.79 Å². The molecule has 1 aromatic carbocycles. The minimum Gasteiger partial charge on any atom is -0.479 e. The van der Waals surface area contributed by atoms with E-state index >= 15 is 0 Å². The van der Waals surface area contributed by atoms with Crippen molar-refractivity contribution in [3.8, 4) is 17.2 Å². The summed E-state index contributed by atoms with van der Waals surface area (Å²) in [6.07, 6.45) is -0.481. The number of aromatic nitrogens is 2. The second-order valence-electron chi connectivity index (χ2n) is 4.54. The SMILES string of the molecule is CC1Oc2ccc(-c3nnc(CN)o3)cc2N(C)C1=O. The van der Waals surface area contributed by atoms with Crippen LogP contribution in [-0.4, -0.2) is 29.3 Å². The van der Waals surface area contributed by atoms with Crippen LogP contribution in [0.5, 0.6) is 5.75 Å². The number of rotatable bonds is 2. The summed E-state index contributed by atoms with van der Waals surface area (Å²) in [4.78, 5) is 13.5.